The van der Waals surface area contributed by atoms with Crippen molar-refractivity contribution in [1.29, 1.82) is 0 Å². The lowest BCUT2D eigenvalue weighted by Gasteiger charge is -2.28. The number of nitrogens with zero attached hydrogens (tertiary/aromatic N) is 1. The monoisotopic (exact) mass is 333 g/mol. The van der Waals surface area contributed by atoms with Crippen LogP contribution in [0.5, 0.6) is 0 Å². The van der Waals surface area contributed by atoms with Gasteiger partial charge in [0, 0.05) is 26.1 Å². The van der Waals surface area contributed by atoms with Gasteiger partial charge >= 0.3 is 0 Å². The molecule has 1 fully saturated rings. The Hall–Kier alpha value is -0.970. The maximum atomic E-state index is 11.7. The normalized spacial score (nSPS) is 14.0. The highest BCUT2D eigenvalue weighted by atomic mass is 35.5. The maximum absolute atomic E-state index is 11.7. The van der Waals surface area contributed by atoms with Crippen LogP contribution in [0.1, 0.15) is 32.1 Å². The number of amides is 1. The third-order valence-electron chi connectivity index (χ3n) is 3.80. The minimum Gasteiger partial charge on any atom is -0.370 e. The van der Waals surface area contributed by atoms with Gasteiger partial charge in [-0.2, -0.15) is 0 Å². The van der Waals surface area contributed by atoms with E-state index >= 15 is 0 Å². The van der Waals surface area contributed by atoms with Gasteiger partial charge in [0.2, 0.25) is 5.91 Å². The summed E-state index contributed by atoms with van der Waals surface area (Å²) in [7, 11) is 2.11. The van der Waals surface area contributed by atoms with Crippen molar-refractivity contribution in [3.8, 4) is 0 Å². The molecule has 0 unspecified atom stereocenters. The standard InChI is InChI=1S/C15H23N3O.2ClH/c1-18(12-6-2-3-7-12)14-9-5-4-8-13(14)17-15(19)10-11-16;;/h4-5,8-9,12H,2-3,6-7,10-11,16H2,1H3,(H,17,19);2*1H. The number of carbonyl (C=O) groups excluding carboxylic acids is 1. The van der Waals surface area contributed by atoms with Gasteiger partial charge in [0.15, 0.2) is 0 Å². The van der Waals surface area contributed by atoms with E-state index in [9.17, 15) is 4.79 Å². The quantitative estimate of drug-likeness (QED) is 0.869. The summed E-state index contributed by atoms with van der Waals surface area (Å²) in [6, 6.07) is 8.57. The van der Waals surface area contributed by atoms with Crippen LogP contribution in [-0.4, -0.2) is 25.5 Å². The molecule has 1 aliphatic rings. The van der Waals surface area contributed by atoms with Crippen molar-refractivity contribution >= 4 is 42.1 Å². The molecule has 2 rings (SSSR count). The highest BCUT2D eigenvalue weighted by molar-refractivity contribution is 5.94. The van der Waals surface area contributed by atoms with Crippen LogP contribution in [0, 0.1) is 0 Å². The van der Waals surface area contributed by atoms with E-state index in [1.54, 1.807) is 0 Å². The van der Waals surface area contributed by atoms with Gasteiger partial charge in [0.25, 0.3) is 0 Å². The average Bonchev–Trinajstić information content (AvgIpc) is 2.93. The Morgan fingerprint density at radius 1 is 1.29 bits per heavy atom. The largest absolute Gasteiger partial charge is 0.370 e. The SMILES string of the molecule is CN(c1ccccc1NC(=O)CCN)C1CCCC1.Cl.Cl. The molecule has 0 aromatic heterocycles. The maximum Gasteiger partial charge on any atom is 0.225 e. The molecule has 0 saturated heterocycles. The number of benzene rings is 1. The summed E-state index contributed by atoms with van der Waals surface area (Å²) in [6.45, 7) is 0.381. The van der Waals surface area contributed by atoms with E-state index in [2.05, 4.69) is 23.3 Å². The first kappa shape index (κ1) is 20.0. The molecule has 1 aliphatic carbocycles. The number of nitrogens with one attached hydrogen (secondary N) is 1. The number of nitrogens with two attached hydrogens (primary N) is 1. The smallest absolute Gasteiger partial charge is 0.225 e. The number of halogens is 2. The Balaban J connectivity index is 0.00000200. The average molecular weight is 334 g/mol. The minimum absolute atomic E-state index is 0. The van der Waals surface area contributed by atoms with Crippen molar-refractivity contribution in [2.75, 3.05) is 23.8 Å². The highest BCUT2D eigenvalue weighted by Crippen LogP contribution is 2.31. The van der Waals surface area contributed by atoms with E-state index in [4.69, 9.17) is 5.73 Å². The van der Waals surface area contributed by atoms with Crippen molar-refractivity contribution in [1.82, 2.24) is 0 Å². The van der Waals surface area contributed by atoms with Crippen molar-refractivity contribution in [2.45, 2.75) is 38.1 Å². The van der Waals surface area contributed by atoms with Crippen LogP contribution in [0.15, 0.2) is 24.3 Å². The van der Waals surface area contributed by atoms with Crippen molar-refractivity contribution in [3.05, 3.63) is 24.3 Å². The van der Waals surface area contributed by atoms with Crippen molar-refractivity contribution in [2.24, 2.45) is 5.73 Å². The molecule has 1 aromatic carbocycles. The summed E-state index contributed by atoms with van der Waals surface area (Å²) >= 11 is 0. The topological polar surface area (TPSA) is 58.4 Å². The molecule has 1 amide bonds. The van der Waals surface area contributed by atoms with Crippen LogP contribution in [0.25, 0.3) is 0 Å². The fourth-order valence-electron chi connectivity index (χ4n) is 2.72. The van der Waals surface area contributed by atoms with Crippen LogP contribution in [0.2, 0.25) is 0 Å². The van der Waals surface area contributed by atoms with Gasteiger partial charge in [-0.05, 0) is 25.0 Å². The van der Waals surface area contributed by atoms with Gasteiger partial charge in [-0.15, -0.1) is 24.8 Å². The molecule has 120 valence electrons. The van der Waals surface area contributed by atoms with Crippen LogP contribution in [-0.2, 0) is 4.79 Å². The number of carbonyl (C=O) groups is 1. The summed E-state index contributed by atoms with van der Waals surface area (Å²) in [5.41, 5.74) is 7.39. The molecule has 0 bridgehead atoms. The summed E-state index contributed by atoms with van der Waals surface area (Å²) in [4.78, 5) is 14.0. The van der Waals surface area contributed by atoms with E-state index in [-0.39, 0.29) is 30.7 Å². The van der Waals surface area contributed by atoms with Crippen LogP contribution in [0.4, 0.5) is 11.4 Å². The Labute approximate surface area is 139 Å². The molecule has 1 aromatic rings. The predicted molar refractivity (Wildman–Crippen MR) is 93.9 cm³/mol. The first-order valence-corrected chi connectivity index (χ1v) is 7.04. The Bertz CT molecular complexity index is 437. The van der Waals surface area contributed by atoms with E-state index < -0.39 is 0 Å². The summed E-state index contributed by atoms with van der Waals surface area (Å²) in [5, 5.41) is 2.96. The van der Waals surface area contributed by atoms with Crippen LogP contribution in [0.3, 0.4) is 0 Å². The van der Waals surface area contributed by atoms with Crippen LogP contribution < -0.4 is 16.0 Å². The fraction of sp³-hybridized carbons (Fsp3) is 0.533. The van der Waals surface area contributed by atoms with Crippen molar-refractivity contribution < 1.29 is 4.79 Å². The lowest BCUT2D eigenvalue weighted by molar-refractivity contribution is -0.116. The third kappa shape index (κ3) is 5.38. The minimum atomic E-state index is -0.0187. The first-order valence-electron chi connectivity index (χ1n) is 7.04. The second-order valence-electron chi connectivity index (χ2n) is 5.15. The van der Waals surface area contributed by atoms with Crippen molar-refractivity contribution in [3.63, 3.8) is 0 Å². The van der Waals surface area contributed by atoms with Gasteiger partial charge in [-0.25, -0.2) is 0 Å². The molecule has 4 nitrogen and oxygen atoms in total. The second kappa shape index (κ2) is 9.87. The molecule has 0 atom stereocenters. The molecule has 0 aliphatic heterocycles. The van der Waals surface area contributed by atoms with E-state index in [1.807, 2.05) is 18.2 Å². The lowest BCUT2D eigenvalue weighted by atomic mass is 10.1. The number of anilines is 2. The van der Waals surface area contributed by atoms with Gasteiger partial charge in [0.1, 0.15) is 0 Å². The van der Waals surface area contributed by atoms with E-state index in [0.717, 1.165) is 11.4 Å². The number of hydrogen-bond donors (Lipinski definition) is 2. The molecule has 6 heteroatoms. The lowest BCUT2D eigenvalue weighted by Crippen LogP contribution is -2.30. The summed E-state index contributed by atoms with van der Waals surface area (Å²) in [6.07, 6.45) is 5.44. The number of para-hydroxylation sites is 2. The molecule has 0 heterocycles. The molecule has 0 spiro atoms. The molecular formula is C15H25Cl2N3O. The van der Waals surface area contributed by atoms with Gasteiger partial charge in [-0.1, -0.05) is 25.0 Å². The zero-order chi connectivity index (χ0) is 13.7. The molecule has 3 N–H and O–H groups in total. The Morgan fingerprint density at radius 2 is 1.90 bits per heavy atom. The van der Waals surface area contributed by atoms with E-state index in [1.165, 1.54) is 25.7 Å². The predicted octanol–water partition coefficient (Wildman–Crippen LogP) is 3.20. The number of rotatable bonds is 5. The third-order valence-corrected chi connectivity index (χ3v) is 3.80. The summed E-state index contributed by atoms with van der Waals surface area (Å²) < 4.78 is 0. The molecular weight excluding hydrogens is 309 g/mol. The summed E-state index contributed by atoms with van der Waals surface area (Å²) in [5.74, 6) is -0.0187. The van der Waals surface area contributed by atoms with Gasteiger partial charge in [0.05, 0.1) is 11.4 Å². The number of hydrogen-bond acceptors (Lipinski definition) is 3. The zero-order valence-electron chi connectivity index (χ0n) is 12.4. The van der Waals surface area contributed by atoms with Gasteiger partial charge in [-0.3, -0.25) is 4.79 Å². The Kier molecular flexibility index (Phi) is 9.42. The zero-order valence-corrected chi connectivity index (χ0v) is 14.0. The second-order valence-corrected chi connectivity index (χ2v) is 5.15. The molecule has 1 saturated carbocycles. The highest BCUT2D eigenvalue weighted by Gasteiger charge is 2.21. The fourth-order valence-corrected chi connectivity index (χ4v) is 2.72. The molecule has 21 heavy (non-hydrogen) atoms. The van der Waals surface area contributed by atoms with Gasteiger partial charge < -0.3 is 16.0 Å². The van der Waals surface area contributed by atoms with Crippen LogP contribution >= 0.6 is 24.8 Å². The van der Waals surface area contributed by atoms with E-state index in [0.29, 0.717) is 19.0 Å². The molecule has 0 radical (unpaired) electrons. The Morgan fingerprint density at radius 3 is 2.52 bits per heavy atom. The first-order chi connectivity index (χ1) is 9.22.